The third-order valence-corrected chi connectivity index (χ3v) is 3.00. The van der Waals surface area contributed by atoms with E-state index < -0.39 is 6.10 Å². The summed E-state index contributed by atoms with van der Waals surface area (Å²) in [7, 11) is 1.58. The normalized spacial score (nSPS) is 12.5. The summed E-state index contributed by atoms with van der Waals surface area (Å²) in [5.74, 6) is 0. The SMILES string of the molecule is COCC(O)CCNc1ccc(N)c2ccncc12. The highest BCUT2D eigenvalue weighted by Gasteiger charge is 2.06. The first-order valence-electron chi connectivity index (χ1n) is 6.25. The number of rotatable bonds is 6. The Bertz CT molecular complexity index is 545. The van der Waals surface area contributed by atoms with Crippen LogP contribution in [0.15, 0.2) is 30.6 Å². The number of nitrogens with one attached hydrogen (secondary N) is 1. The van der Waals surface area contributed by atoms with Crippen molar-refractivity contribution in [2.75, 3.05) is 31.3 Å². The molecule has 0 spiro atoms. The summed E-state index contributed by atoms with van der Waals surface area (Å²) in [6.45, 7) is 1.02. The van der Waals surface area contributed by atoms with Gasteiger partial charge in [-0.25, -0.2) is 0 Å². The molecule has 0 aliphatic carbocycles. The zero-order chi connectivity index (χ0) is 13.7. The Morgan fingerprint density at radius 1 is 1.37 bits per heavy atom. The number of fused-ring (bicyclic) bond motifs is 1. The van der Waals surface area contributed by atoms with Gasteiger partial charge in [0.05, 0.1) is 12.7 Å². The molecule has 1 aromatic carbocycles. The fourth-order valence-electron chi connectivity index (χ4n) is 2.02. The van der Waals surface area contributed by atoms with Crippen LogP contribution in [0, 0.1) is 0 Å². The van der Waals surface area contributed by atoms with Crippen LogP contribution < -0.4 is 11.1 Å². The van der Waals surface area contributed by atoms with E-state index in [0.29, 0.717) is 19.6 Å². The molecule has 1 unspecified atom stereocenters. The van der Waals surface area contributed by atoms with E-state index in [1.165, 1.54) is 0 Å². The number of aliphatic hydroxyl groups is 1. The maximum Gasteiger partial charge on any atom is 0.0790 e. The molecule has 0 aliphatic rings. The quantitative estimate of drug-likeness (QED) is 0.689. The average Bonchev–Trinajstić information content (AvgIpc) is 2.42. The summed E-state index contributed by atoms with van der Waals surface area (Å²) in [6, 6.07) is 5.70. The van der Waals surface area contributed by atoms with Crippen molar-refractivity contribution in [3.63, 3.8) is 0 Å². The minimum Gasteiger partial charge on any atom is -0.398 e. The molecule has 2 rings (SSSR count). The molecule has 5 heteroatoms. The molecular formula is C14H19N3O2. The Kier molecular flexibility index (Phi) is 4.54. The number of hydrogen-bond acceptors (Lipinski definition) is 5. The highest BCUT2D eigenvalue weighted by molar-refractivity contribution is 6.00. The van der Waals surface area contributed by atoms with Gasteiger partial charge >= 0.3 is 0 Å². The van der Waals surface area contributed by atoms with Gasteiger partial charge in [0.1, 0.15) is 0 Å². The van der Waals surface area contributed by atoms with Gasteiger partial charge < -0.3 is 20.9 Å². The number of hydrogen-bond donors (Lipinski definition) is 3. The summed E-state index contributed by atoms with van der Waals surface area (Å²) in [5, 5.41) is 14.9. The Labute approximate surface area is 112 Å². The number of anilines is 2. The van der Waals surface area contributed by atoms with Gasteiger partial charge in [0.2, 0.25) is 0 Å². The number of nitrogens with two attached hydrogens (primary N) is 1. The second kappa shape index (κ2) is 6.36. The van der Waals surface area contributed by atoms with Crippen LogP contribution in [0.25, 0.3) is 10.8 Å². The Morgan fingerprint density at radius 2 is 2.21 bits per heavy atom. The maximum atomic E-state index is 9.59. The zero-order valence-electron chi connectivity index (χ0n) is 11.0. The van der Waals surface area contributed by atoms with Crippen molar-refractivity contribution in [2.24, 2.45) is 0 Å². The van der Waals surface area contributed by atoms with Gasteiger partial charge in [0, 0.05) is 48.2 Å². The molecule has 102 valence electrons. The fourth-order valence-corrected chi connectivity index (χ4v) is 2.02. The van der Waals surface area contributed by atoms with Crippen molar-refractivity contribution >= 4 is 22.1 Å². The highest BCUT2D eigenvalue weighted by atomic mass is 16.5. The van der Waals surface area contributed by atoms with E-state index in [1.807, 2.05) is 18.2 Å². The molecule has 0 saturated heterocycles. The van der Waals surface area contributed by atoms with E-state index >= 15 is 0 Å². The molecule has 4 N–H and O–H groups in total. The van der Waals surface area contributed by atoms with Crippen molar-refractivity contribution in [1.29, 1.82) is 0 Å². The Balaban J connectivity index is 2.07. The van der Waals surface area contributed by atoms with Crippen LogP contribution in [-0.2, 0) is 4.74 Å². The highest BCUT2D eigenvalue weighted by Crippen LogP contribution is 2.27. The maximum absolute atomic E-state index is 9.59. The van der Waals surface area contributed by atoms with E-state index in [4.69, 9.17) is 10.5 Å². The largest absolute Gasteiger partial charge is 0.398 e. The number of benzene rings is 1. The predicted octanol–water partition coefficient (Wildman–Crippen LogP) is 1.63. The molecule has 5 nitrogen and oxygen atoms in total. The van der Waals surface area contributed by atoms with Gasteiger partial charge in [-0.3, -0.25) is 4.98 Å². The fraction of sp³-hybridized carbons (Fsp3) is 0.357. The lowest BCUT2D eigenvalue weighted by Crippen LogP contribution is -2.18. The molecule has 0 radical (unpaired) electrons. The molecule has 1 heterocycles. The summed E-state index contributed by atoms with van der Waals surface area (Å²) < 4.78 is 4.89. The van der Waals surface area contributed by atoms with Crippen molar-refractivity contribution < 1.29 is 9.84 Å². The van der Waals surface area contributed by atoms with Gasteiger partial charge in [-0.15, -0.1) is 0 Å². The molecule has 0 aliphatic heterocycles. The van der Waals surface area contributed by atoms with Crippen LogP contribution in [0.4, 0.5) is 11.4 Å². The monoisotopic (exact) mass is 261 g/mol. The van der Waals surface area contributed by atoms with Crippen LogP contribution in [0.3, 0.4) is 0 Å². The number of nitrogen functional groups attached to an aromatic ring is 1. The van der Waals surface area contributed by atoms with Crippen LogP contribution in [-0.4, -0.2) is 36.5 Å². The van der Waals surface area contributed by atoms with Crippen molar-refractivity contribution in [3.8, 4) is 0 Å². The lowest BCUT2D eigenvalue weighted by molar-refractivity contribution is 0.0615. The van der Waals surface area contributed by atoms with Gasteiger partial charge in [0.15, 0.2) is 0 Å². The van der Waals surface area contributed by atoms with Gasteiger partial charge in [0.25, 0.3) is 0 Å². The van der Waals surface area contributed by atoms with Crippen molar-refractivity contribution in [1.82, 2.24) is 4.98 Å². The molecule has 1 aromatic heterocycles. The molecule has 0 saturated carbocycles. The summed E-state index contributed by atoms with van der Waals surface area (Å²) in [6.07, 6.45) is 3.69. The van der Waals surface area contributed by atoms with Gasteiger partial charge in [-0.2, -0.15) is 0 Å². The van der Waals surface area contributed by atoms with E-state index in [2.05, 4.69) is 10.3 Å². The first-order chi connectivity index (χ1) is 9.22. The number of aliphatic hydroxyl groups excluding tert-OH is 1. The standard InChI is InChI=1S/C14H19N3O2/c1-19-9-10(18)4-7-17-14-3-2-13(15)11-5-6-16-8-12(11)14/h2-3,5-6,8,10,17-18H,4,7,9,15H2,1H3. The summed E-state index contributed by atoms with van der Waals surface area (Å²) in [4.78, 5) is 4.12. The molecule has 0 bridgehead atoms. The third kappa shape index (κ3) is 3.33. The number of pyridine rings is 1. The smallest absolute Gasteiger partial charge is 0.0790 e. The minimum absolute atomic E-state index is 0.353. The molecule has 19 heavy (non-hydrogen) atoms. The molecule has 0 amide bonds. The third-order valence-electron chi connectivity index (χ3n) is 3.00. The Hall–Kier alpha value is -1.85. The predicted molar refractivity (Wildman–Crippen MR) is 77.1 cm³/mol. The minimum atomic E-state index is -0.448. The first kappa shape index (κ1) is 13.6. The summed E-state index contributed by atoms with van der Waals surface area (Å²) >= 11 is 0. The molecule has 0 fully saturated rings. The average molecular weight is 261 g/mol. The molecule has 1 atom stereocenters. The Morgan fingerprint density at radius 3 is 3.00 bits per heavy atom. The first-order valence-corrected chi connectivity index (χ1v) is 6.25. The second-order valence-corrected chi connectivity index (χ2v) is 4.45. The second-order valence-electron chi connectivity index (χ2n) is 4.45. The topological polar surface area (TPSA) is 80.4 Å². The van der Waals surface area contributed by atoms with Gasteiger partial charge in [-0.05, 0) is 24.6 Å². The number of methoxy groups -OCH3 is 1. The lowest BCUT2D eigenvalue weighted by atomic mass is 10.1. The van der Waals surface area contributed by atoms with Gasteiger partial charge in [-0.1, -0.05) is 0 Å². The van der Waals surface area contributed by atoms with Crippen LogP contribution in [0.5, 0.6) is 0 Å². The molecular weight excluding hydrogens is 242 g/mol. The van der Waals surface area contributed by atoms with E-state index in [9.17, 15) is 5.11 Å². The van der Waals surface area contributed by atoms with Crippen LogP contribution in [0.1, 0.15) is 6.42 Å². The van der Waals surface area contributed by atoms with E-state index in [0.717, 1.165) is 22.1 Å². The zero-order valence-corrected chi connectivity index (χ0v) is 11.0. The van der Waals surface area contributed by atoms with Crippen molar-refractivity contribution in [2.45, 2.75) is 12.5 Å². The van der Waals surface area contributed by atoms with Crippen molar-refractivity contribution in [3.05, 3.63) is 30.6 Å². The van der Waals surface area contributed by atoms with E-state index in [1.54, 1.807) is 19.5 Å². The van der Waals surface area contributed by atoms with E-state index in [-0.39, 0.29) is 0 Å². The summed E-state index contributed by atoms with van der Waals surface area (Å²) in [5.41, 5.74) is 7.64. The number of ether oxygens (including phenoxy) is 1. The van der Waals surface area contributed by atoms with Crippen LogP contribution in [0.2, 0.25) is 0 Å². The number of aromatic nitrogens is 1. The number of nitrogens with zero attached hydrogens (tertiary/aromatic N) is 1. The molecule has 2 aromatic rings. The lowest BCUT2D eigenvalue weighted by Gasteiger charge is -2.13. The van der Waals surface area contributed by atoms with Crippen LogP contribution >= 0.6 is 0 Å².